The number of hydrogen-bond acceptors (Lipinski definition) is 4. The maximum atomic E-state index is 6.30. The second kappa shape index (κ2) is 6.37. The van der Waals surface area contributed by atoms with Crippen LogP contribution in [-0.2, 0) is 0 Å². The molecule has 2 aromatic rings. The van der Waals surface area contributed by atoms with Crippen molar-refractivity contribution < 1.29 is 0 Å². The summed E-state index contributed by atoms with van der Waals surface area (Å²) in [6.07, 6.45) is 3.63. The van der Waals surface area contributed by atoms with Crippen LogP contribution >= 0.6 is 23.4 Å². The predicted octanol–water partition coefficient (Wildman–Crippen LogP) is 3.87. The molecular weight excluding hydrogens is 278 g/mol. The average molecular weight is 294 g/mol. The first-order valence-electron chi connectivity index (χ1n) is 6.03. The van der Waals surface area contributed by atoms with Gasteiger partial charge in [0.05, 0.1) is 0 Å². The Balaban J connectivity index is 2.18. The standard InChI is InChI=1S/C14H16ClN3S/c1-9-7-17-14(18-8-9)19-11-4-5-12(10(2)16-3)13(15)6-11/h4-8,10,16H,1-3H3. The van der Waals surface area contributed by atoms with E-state index >= 15 is 0 Å². The van der Waals surface area contributed by atoms with Crippen molar-refractivity contribution in [1.82, 2.24) is 15.3 Å². The van der Waals surface area contributed by atoms with Gasteiger partial charge in [0.2, 0.25) is 0 Å². The van der Waals surface area contributed by atoms with Crippen LogP contribution in [0.15, 0.2) is 40.6 Å². The van der Waals surface area contributed by atoms with Crippen LogP contribution in [0.3, 0.4) is 0 Å². The third-order valence-electron chi connectivity index (χ3n) is 2.84. The van der Waals surface area contributed by atoms with Gasteiger partial charge < -0.3 is 5.32 Å². The highest BCUT2D eigenvalue weighted by Crippen LogP contribution is 2.30. The molecular formula is C14H16ClN3S. The van der Waals surface area contributed by atoms with Gasteiger partial charge in [-0.1, -0.05) is 17.7 Å². The summed E-state index contributed by atoms with van der Waals surface area (Å²) >= 11 is 7.81. The first-order valence-corrected chi connectivity index (χ1v) is 7.23. The molecule has 0 aliphatic carbocycles. The Labute approximate surface area is 122 Å². The normalized spacial score (nSPS) is 12.4. The summed E-state index contributed by atoms with van der Waals surface area (Å²) in [6.45, 7) is 4.05. The van der Waals surface area contributed by atoms with E-state index in [-0.39, 0.29) is 6.04 Å². The topological polar surface area (TPSA) is 37.8 Å². The van der Waals surface area contributed by atoms with E-state index in [4.69, 9.17) is 11.6 Å². The van der Waals surface area contributed by atoms with E-state index < -0.39 is 0 Å². The fraction of sp³-hybridized carbons (Fsp3) is 0.286. The number of nitrogens with one attached hydrogen (secondary N) is 1. The Kier molecular flexibility index (Phi) is 4.80. The summed E-state index contributed by atoms with van der Waals surface area (Å²) in [5.41, 5.74) is 2.15. The largest absolute Gasteiger partial charge is 0.313 e. The van der Waals surface area contributed by atoms with Gasteiger partial charge in [0.15, 0.2) is 5.16 Å². The lowest BCUT2D eigenvalue weighted by Crippen LogP contribution is -2.12. The molecule has 0 bridgehead atoms. The fourth-order valence-electron chi connectivity index (χ4n) is 1.62. The number of aryl methyl sites for hydroxylation is 1. The van der Waals surface area contributed by atoms with Crippen LogP contribution in [0.5, 0.6) is 0 Å². The fourth-order valence-corrected chi connectivity index (χ4v) is 2.76. The smallest absolute Gasteiger partial charge is 0.192 e. The van der Waals surface area contributed by atoms with Gasteiger partial charge in [-0.3, -0.25) is 0 Å². The Hall–Kier alpha value is -1.10. The zero-order valence-corrected chi connectivity index (χ0v) is 12.7. The van der Waals surface area contributed by atoms with Crippen LogP contribution < -0.4 is 5.32 Å². The third-order valence-corrected chi connectivity index (χ3v) is 4.05. The van der Waals surface area contributed by atoms with Crippen molar-refractivity contribution in [2.24, 2.45) is 0 Å². The lowest BCUT2D eigenvalue weighted by molar-refractivity contribution is 0.652. The van der Waals surface area contributed by atoms with Crippen LogP contribution in [0.4, 0.5) is 0 Å². The molecule has 0 amide bonds. The summed E-state index contributed by atoms with van der Waals surface area (Å²) in [6, 6.07) is 6.28. The van der Waals surface area contributed by atoms with Crippen molar-refractivity contribution in [3.8, 4) is 0 Å². The minimum Gasteiger partial charge on any atom is -0.313 e. The molecule has 0 saturated carbocycles. The molecule has 1 heterocycles. The highest BCUT2D eigenvalue weighted by Gasteiger charge is 2.09. The van der Waals surface area contributed by atoms with Crippen molar-refractivity contribution in [2.45, 2.75) is 29.9 Å². The maximum absolute atomic E-state index is 6.30. The number of rotatable bonds is 4. The van der Waals surface area contributed by atoms with Gasteiger partial charge in [-0.25, -0.2) is 9.97 Å². The molecule has 3 nitrogen and oxygen atoms in total. The maximum Gasteiger partial charge on any atom is 0.192 e. The first-order chi connectivity index (χ1) is 9.10. The second-order valence-corrected chi connectivity index (χ2v) is 5.79. The van der Waals surface area contributed by atoms with Gasteiger partial charge in [-0.05, 0) is 55.9 Å². The van der Waals surface area contributed by atoms with Crippen LogP contribution in [0.2, 0.25) is 5.02 Å². The highest BCUT2D eigenvalue weighted by molar-refractivity contribution is 7.99. The lowest BCUT2D eigenvalue weighted by Gasteiger charge is -2.13. The van der Waals surface area contributed by atoms with Crippen LogP contribution in [0.1, 0.15) is 24.1 Å². The molecule has 1 unspecified atom stereocenters. The molecule has 0 aliphatic rings. The zero-order chi connectivity index (χ0) is 13.8. The summed E-state index contributed by atoms with van der Waals surface area (Å²) in [4.78, 5) is 9.59. The van der Waals surface area contributed by atoms with Gasteiger partial charge in [-0.2, -0.15) is 0 Å². The van der Waals surface area contributed by atoms with Crippen molar-refractivity contribution >= 4 is 23.4 Å². The van der Waals surface area contributed by atoms with Gasteiger partial charge in [0.25, 0.3) is 0 Å². The molecule has 2 rings (SSSR count). The molecule has 0 aliphatic heterocycles. The molecule has 1 aromatic carbocycles. The van der Waals surface area contributed by atoms with Gasteiger partial charge in [0.1, 0.15) is 0 Å². The lowest BCUT2D eigenvalue weighted by atomic mass is 10.1. The number of hydrogen-bond donors (Lipinski definition) is 1. The summed E-state index contributed by atoms with van der Waals surface area (Å²) in [5.74, 6) is 0. The second-order valence-electron chi connectivity index (χ2n) is 4.34. The first kappa shape index (κ1) is 14.3. The number of aromatic nitrogens is 2. The van der Waals surface area contributed by atoms with E-state index in [0.29, 0.717) is 0 Å². The van der Waals surface area contributed by atoms with E-state index in [9.17, 15) is 0 Å². The zero-order valence-electron chi connectivity index (χ0n) is 11.1. The molecule has 0 radical (unpaired) electrons. The number of benzene rings is 1. The van der Waals surface area contributed by atoms with Gasteiger partial charge >= 0.3 is 0 Å². The van der Waals surface area contributed by atoms with Crippen LogP contribution in [0, 0.1) is 6.92 Å². The molecule has 19 heavy (non-hydrogen) atoms. The van der Waals surface area contributed by atoms with E-state index in [2.05, 4.69) is 22.2 Å². The predicted molar refractivity (Wildman–Crippen MR) is 79.8 cm³/mol. The molecule has 5 heteroatoms. The van der Waals surface area contributed by atoms with E-state index in [1.54, 1.807) is 0 Å². The summed E-state index contributed by atoms with van der Waals surface area (Å²) in [7, 11) is 1.92. The summed E-state index contributed by atoms with van der Waals surface area (Å²) < 4.78 is 0. The molecule has 0 spiro atoms. The Bertz CT molecular complexity index is 557. The number of nitrogens with zero attached hydrogens (tertiary/aromatic N) is 2. The molecule has 0 saturated heterocycles. The van der Waals surface area contributed by atoms with Crippen molar-refractivity contribution in [3.05, 3.63) is 46.7 Å². The molecule has 0 fully saturated rings. The average Bonchev–Trinajstić information content (AvgIpc) is 2.41. The Morgan fingerprint density at radius 3 is 2.53 bits per heavy atom. The highest BCUT2D eigenvalue weighted by atomic mass is 35.5. The molecule has 100 valence electrons. The Morgan fingerprint density at radius 1 is 1.26 bits per heavy atom. The van der Waals surface area contributed by atoms with E-state index in [1.165, 1.54) is 11.8 Å². The third kappa shape index (κ3) is 3.69. The van der Waals surface area contributed by atoms with Gasteiger partial charge in [-0.15, -0.1) is 0 Å². The van der Waals surface area contributed by atoms with Crippen molar-refractivity contribution in [1.29, 1.82) is 0 Å². The quantitative estimate of drug-likeness (QED) is 0.869. The van der Waals surface area contributed by atoms with Crippen molar-refractivity contribution in [3.63, 3.8) is 0 Å². The van der Waals surface area contributed by atoms with Gasteiger partial charge in [0, 0.05) is 28.4 Å². The van der Waals surface area contributed by atoms with Crippen LogP contribution in [-0.4, -0.2) is 17.0 Å². The molecule has 1 N–H and O–H groups in total. The minimum absolute atomic E-state index is 0.238. The van der Waals surface area contributed by atoms with E-state index in [1.807, 2.05) is 44.6 Å². The minimum atomic E-state index is 0.238. The van der Waals surface area contributed by atoms with E-state index in [0.717, 1.165) is 26.2 Å². The summed E-state index contributed by atoms with van der Waals surface area (Å²) in [5, 5.41) is 4.68. The molecule has 1 aromatic heterocycles. The molecule has 1 atom stereocenters. The monoisotopic (exact) mass is 293 g/mol. The number of halogens is 1. The SMILES string of the molecule is CNC(C)c1ccc(Sc2ncc(C)cn2)cc1Cl. The van der Waals surface area contributed by atoms with Crippen LogP contribution in [0.25, 0.3) is 0 Å². The van der Waals surface area contributed by atoms with Crippen molar-refractivity contribution in [2.75, 3.05) is 7.05 Å². The Morgan fingerprint density at radius 2 is 1.95 bits per heavy atom.